The molecule has 1 aromatic carbocycles. The molecule has 0 fully saturated rings. The lowest BCUT2D eigenvalue weighted by molar-refractivity contribution is -0.147. The van der Waals surface area contributed by atoms with Crippen molar-refractivity contribution in [2.24, 2.45) is 5.92 Å². The summed E-state index contributed by atoms with van der Waals surface area (Å²) in [5.74, 6) is -1.51. The molecule has 1 rings (SSSR count). The zero-order valence-electron chi connectivity index (χ0n) is 13.8. The second-order valence-corrected chi connectivity index (χ2v) is 5.69. The van der Waals surface area contributed by atoms with Crippen molar-refractivity contribution in [1.29, 1.82) is 0 Å². The summed E-state index contributed by atoms with van der Waals surface area (Å²) in [6.07, 6.45) is -4.93. The number of rotatable bonds is 6. The minimum absolute atomic E-state index is 0.106. The molecule has 3 amide bonds. The summed E-state index contributed by atoms with van der Waals surface area (Å²) >= 11 is 0. The van der Waals surface area contributed by atoms with Crippen LogP contribution >= 0.6 is 0 Å². The van der Waals surface area contributed by atoms with Gasteiger partial charge in [0.05, 0.1) is 12.0 Å². The van der Waals surface area contributed by atoms with E-state index >= 15 is 0 Å². The van der Waals surface area contributed by atoms with Gasteiger partial charge in [-0.05, 0) is 17.5 Å². The third-order valence-corrected chi connectivity index (χ3v) is 2.89. The summed E-state index contributed by atoms with van der Waals surface area (Å²) in [4.78, 5) is 34.4. The molecular weight excluding hydrogens is 341 g/mol. The monoisotopic (exact) mass is 360 g/mol. The molecule has 0 aliphatic rings. The van der Waals surface area contributed by atoms with Gasteiger partial charge in [0.2, 0.25) is 0 Å². The Kier molecular flexibility index (Phi) is 7.41. The van der Waals surface area contributed by atoms with E-state index in [9.17, 15) is 27.6 Å². The number of ether oxygens (including phenoxy) is 1. The Hall–Kier alpha value is -2.58. The SMILES string of the molecule is CC(C)CNC(=O)NC(=O)COC(=O)Cc1cccc(C(F)(F)F)c1. The number of hydrogen-bond acceptors (Lipinski definition) is 4. The van der Waals surface area contributed by atoms with E-state index < -0.39 is 42.7 Å². The Morgan fingerprint density at radius 3 is 2.48 bits per heavy atom. The zero-order chi connectivity index (χ0) is 19.0. The van der Waals surface area contributed by atoms with Crippen molar-refractivity contribution < 1.29 is 32.3 Å². The molecule has 9 heteroatoms. The lowest BCUT2D eigenvalue weighted by atomic mass is 10.1. The van der Waals surface area contributed by atoms with E-state index in [-0.39, 0.29) is 11.5 Å². The summed E-state index contributed by atoms with van der Waals surface area (Å²) in [7, 11) is 0. The Morgan fingerprint density at radius 2 is 1.88 bits per heavy atom. The summed E-state index contributed by atoms with van der Waals surface area (Å²) in [5.41, 5.74) is -0.771. The topological polar surface area (TPSA) is 84.5 Å². The number of halogens is 3. The van der Waals surface area contributed by atoms with Crippen molar-refractivity contribution in [3.8, 4) is 0 Å². The van der Waals surface area contributed by atoms with Crippen molar-refractivity contribution in [3.05, 3.63) is 35.4 Å². The van der Waals surface area contributed by atoms with E-state index in [1.54, 1.807) is 0 Å². The summed E-state index contributed by atoms with van der Waals surface area (Å²) in [5, 5.41) is 4.41. The largest absolute Gasteiger partial charge is 0.455 e. The van der Waals surface area contributed by atoms with E-state index in [1.807, 2.05) is 19.2 Å². The number of hydrogen-bond donors (Lipinski definition) is 2. The number of benzene rings is 1. The molecule has 0 spiro atoms. The molecule has 25 heavy (non-hydrogen) atoms. The number of carbonyl (C=O) groups excluding carboxylic acids is 3. The van der Waals surface area contributed by atoms with Gasteiger partial charge in [0.1, 0.15) is 0 Å². The maximum absolute atomic E-state index is 12.6. The lowest BCUT2D eigenvalue weighted by Crippen LogP contribution is -2.42. The third kappa shape index (κ3) is 8.18. The van der Waals surface area contributed by atoms with Crippen molar-refractivity contribution in [2.45, 2.75) is 26.4 Å². The highest BCUT2D eigenvalue weighted by atomic mass is 19.4. The van der Waals surface area contributed by atoms with Crippen molar-refractivity contribution >= 4 is 17.9 Å². The number of urea groups is 1. The Morgan fingerprint density at radius 1 is 1.20 bits per heavy atom. The molecule has 0 bridgehead atoms. The van der Waals surface area contributed by atoms with Gasteiger partial charge in [-0.2, -0.15) is 13.2 Å². The molecule has 0 radical (unpaired) electrons. The number of esters is 1. The van der Waals surface area contributed by atoms with Crippen LogP contribution in [0.3, 0.4) is 0 Å². The number of alkyl halides is 3. The second kappa shape index (κ2) is 9.05. The van der Waals surface area contributed by atoms with Gasteiger partial charge in [-0.3, -0.25) is 14.9 Å². The van der Waals surface area contributed by atoms with Gasteiger partial charge in [-0.25, -0.2) is 4.79 Å². The van der Waals surface area contributed by atoms with E-state index in [2.05, 4.69) is 10.1 Å². The highest BCUT2D eigenvalue weighted by molar-refractivity contribution is 5.95. The number of carbonyl (C=O) groups is 3. The van der Waals surface area contributed by atoms with Gasteiger partial charge < -0.3 is 10.1 Å². The number of imide groups is 1. The fourth-order valence-electron chi connectivity index (χ4n) is 1.73. The van der Waals surface area contributed by atoms with Gasteiger partial charge in [-0.15, -0.1) is 0 Å². The van der Waals surface area contributed by atoms with Crippen molar-refractivity contribution in [1.82, 2.24) is 10.6 Å². The van der Waals surface area contributed by atoms with Gasteiger partial charge in [-0.1, -0.05) is 32.0 Å². The molecule has 0 aliphatic heterocycles. The van der Waals surface area contributed by atoms with Crippen LogP contribution in [0, 0.1) is 5.92 Å². The second-order valence-electron chi connectivity index (χ2n) is 5.69. The van der Waals surface area contributed by atoms with Crippen molar-refractivity contribution in [3.63, 3.8) is 0 Å². The third-order valence-electron chi connectivity index (χ3n) is 2.89. The molecular formula is C16H19F3N2O4. The van der Waals surface area contributed by atoms with E-state index in [4.69, 9.17) is 0 Å². The lowest BCUT2D eigenvalue weighted by Gasteiger charge is -2.10. The molecule has 6 nitrogen and oxygen atoms in total. The van der Waals surface area contributed by atoms with E-state index in [1.165, 1.54) is 12.1 Å². The molecule has 2 N–H and O–H groups in total. The molecule has 0 heterocycles. The molecule has 0 saturated heterocycles. The van der Waals surface area contributed by atoms with Crippen LogP contribution in [-0.2, 0) is 26.9 Å². The molecule has 0 aromatic heterocycles. The fraction of sp³-hybridized carbons (Fsp3) is 0.438. The molecule has 0 atom stereocenters. The summed E-state index contributed by atoms with van der Waals surface area (Å²) in [6, 6.07) is 3.53. The van der Waals surface area contributed by atoms with Crippen LogP contribution in [0.4, 0.5) is 18.0 Å². The van der Waals surface area contributed by atoms with Crippen LogP contribution in [0.1, 0.15) is 25.0 Å². The summed E-state index contributed by atoms with van der Waals surface area (Å²) < 4.78 is 42.4. The Balaban J connectivity index is 2.42. The Labute approximate surface area is 142 Å². The molecule has 0 saturated carbocycles. The molecule has 1 aromatic rings. The van der Waals surface area contributed by atoms with Crippen LogP contribution in [-0.4, -0.2) is 31.1 Å². The van der Waals surface area contributed by atoms with E-state index in [0.29, 0.717) is 6.54 Å². The minimum Gasteiger partial charge on any atom is -0.455 e. The first-order chi connectivity index (χ1) is 11.6. The first-order valence-corrected chi connectivity index (χ1v) is 7.47. The normalized spacial score (nSPS) is 11.1. The average molecular weight is 360 g/mol. The van der Waals surface area contributed by atoms with Gasteiger partial charge in [0.15, 0.2) is 6.61 Å². The maximum Gasteiger partial charge on any atom is 0.416 e. The van der Waals surface area contributed by atoms with Crippen LogP contribution in [0.15, 0.2) is 24.3 Å². The quantitative estimate of drug-likeness (QED) is 0.763. The highest BCUT2D eigenvalue weighted by Gasteiger charge is 2.30. The van der Waals surface area contributed by atoms with Gasteiger partial charge in [0.25, 0.3) is 5.91 Å². The molecule has 0 aliphatic carbocycles. The zero-order valence-corrected chi connectivity index (χ0v) is 13.8. The predicted octanol–water partition coefficient (Wildman–Crippen LogP) is 2.27. The van der Waals surface area contributed by atoms with Crippen molar-refractivity contribution in [2.75, 3.05) is 13.2 Å². The molecule has 0 unspecified atom stereocenters. The number of amides is 3. The van der Waals surface area contributed by atoms with Crippen LogP contribution in [0.5, 0.6) is 0 Å². The van der Waals surface area contributed by atoms with E-state index in [0.717, 1.165) is 12.1 Å². The van der Waals surface area contributed by atoms with Gasteiger partial charge in [0, 0.05) is 6.54 Å². The van der Waals surface area contributed by atoms with Crippen LogP contribution in [0.25, 0.3) is 0 Å². The first-order valence-electron chi connectivity index (χ1n) is 7.47. The van der Waals surface area contributed by atoms with Crippen LogP contribution < -0.4 is 10.6 Å². The highest BCUT2D eigenvalue weighted by Crippen LogP contribution is 2.29. The van der Waals surface area contributed by atoms with Gasteiger partial charge >= 0.3 is 18.2 Å². The Bertz CT molecular complexity index is 630. The molecule has 138 valence electrons. The smallest absolute Gasteiger partial charge is 0.416 e. The maximum atomic E-state index is 12.6. The number of nitrogens with one attached hydrogen (secondary N) is 2. The minimum atomic E-state index is -4.51. The summed E-state index contributed by atoms with van der Waals surface area (Å²) in [6.45, 7) is 3.41. The standard InChI is InChI=1S/C16H19F3N2O4/c1-10(2)8-20-15(24)21-13(22)9-25-14(23)7-11-4-3-5-12(6-11)16(17,18)19/h3-6,10H,7-9H2,1-2H3,(H2,20,21,22,24). The fourth-order valence-corrected chi connectivity index (χ4v) is 1.73. The van der Waals surface area contributed by atoms with Crippen LogP contribution in [0.2, 0.25) is 0 Å². The predicted molar refractivity (Wildman–Crippen MR) is 82.5 cm³/mol. The first kappa shape index (κ1) is 20.5. The average Bonchev–Trinajstić information content (AvgIpc) is 2.50.